The first-order chi connectivity index (χ1) is 7.24. The lowest BCUT2D eigenvalue weighted by Crippen LogP contribution is -2.33. The van der Waals surface area contributed by atoms with Crippen molar-refractivity contribution in [2.75, 3.05) is 6.54 Å². The van der Waals surface area contributed by atoms with E-state index in [1.807, 2.05) is 0 Å². The molecule has 1 aromatic carbocycles. The molecule has 0 bridgehead atoms. The predicted molar refractivity (Wildman–Crippen MR) is 67.1 cm³/mol. The SMILES string of the molecule is CCCNC(C)C(C)Cc1ccccc1. The van der Waals surface area contributed by atoms with E-state index >= 15 is 0 Å². The van der Waals surface area contributed by atoms with Gasteiger partial charge >= 0.3 is 0 Å². The average molecular weight is 205 g/mol. The fourth-order valence-corrected chi connectivity index (χ4v) is 1.74. The van der Waals surface area contributed by atoms with Gasteiger partial charge in [0.25, 0.3) is 0 Å². The van der Waals surface area contributed by atoms with Gasteiger partial charge in [0.1, 0.15) is 0 Å². The topological polar surface area (TPSA) is 12.0 Å². The second-order valence-electron chi connectivity index (χ2n) is 4.41. The summed E-state index contributed by atoms with van der Waals surface area (Å²) < 4.78 is 0. The van der Waals surface area contributed by atoms with Crippen LogP contribution in [0, 0.1) is 5.92 Å². The van der Waals surface area contributed by atoms with Gasteiger partial charge in [-0.05, 0) is 37.8 Å². The van der Waals surface area contributed by atoms with Crippen LogP contribution in [0.3, 0.4) is 0 Å². The molecule has 84 valence electrons. The number of hydrogen-bond acceptors (Lipinski definition) is 1. The van der Waals surface area contributed by atoms with E-state index in [9.17, 15) is 0 Å². The van der Waals surface area contributed by atoms with E-state index in [0.29, 0.717) is 12.0 Å². The van der Waals surface area contributed by atoms with Crippen LogP contribution in [-0.2, 0) is 6.42 Å². The van der Waals surface area contributed by atoms with Crippen LogP contribution in [0.2, 0.25) is 0 Å². The van der Waals surface area contributed by atoms with E-state index in [4.69, 9.17) is 0 Å². The summed E-state index contributed by atoms with van der Waals surface area (Å²) in [6.45, 7) is 7.94. The van der Waals surface area contributed by atoms with Crippen molar-refractivity contribution < 1.29 is 0 Å². The summed E-state index contributed by atoms with van der Waals surface area (Å²) in [7, 11) is 0. The molecular formula is C14H23N. The molecule has 0 fully saturated rings. The summed E-state index contributed by atoms with van der Waals surface area (Å²) in [6, 6.07) is 11.3. The van der Waals surface area contributed by atoms with Crippen LogP contribution in [0.4, 0.5) is 0 Å². The first-order valence-corrected chi connectivity index (χ1v) is 6.01. The van der Waals surface area contributed by atoms with Crippen LogP contribution in [0.5, 0.6) is 0 Å². The van der Waals surface area contributed by atoms with Crippen molar-refractivity contribution in [3.05, 3.63) is 35.9 Å². The van der Waals surface area contributed by atoms with Crippen LogP contribution < -0.4 is 5.32 Å². The Bertz CT molecular complexity index is 255. The van der Waals surface area contributed by atoms with Crippen LogP contribution in [0.15, 0.2) is 30.3 Å². The van der Waals surface area contributed by atoms with Gasteiger partial charge in [0.05, 0.1) is 0 Å². The molecule has 1 heteroatoms. The smallest absolute Gasteiger partial charge is 0.00675 e. The highest BCUT2D eigenvalue weighted by Gasteiger charge is 2.11. The Morgan fingerprint density at radius 1 is 1.13 bits per heavy atom. The number of benzene rings is 1. The molecule has 1 aromatic rings. The second kappa shape index (κ2) is 6.62. The Kier molecular flexibility index (Phi) is 5.41. The second-order valence-corrected chi connectivity index (χ2v) is 4.41. The minimum absolute atomic E-state index is 0.602. The lowest BCUT2D eigenvalue weighted by atomic mass is 9.95. The molecule has 2 atom stereocenters. The zero-order valence-electron chi connectivity index (χ0n) is 10.2. The third kappa shape index (κ3) is 4.48. The van der Waals surface area contributed by atoms with Gasteiger partial charge in [0.15, 0.2) is 0 Å². The van der Waals surface area contributed by atoms with E-state index in [2.05, 4.69) is 56.4 Å². The molecule has 0 aliphatic carbocycles. The first kappa shape index (κ1) is 12.3. The molecule has 2 unspecified atom stereocenters. The summed E-state index contributed by atoms with van der Waals surface area (Å²) in [5.74, 6) is 0.693. The third-order valence-corrected chi connectivity index (χ3v) is 2.97. The van der Waals surface area contributed by atoms with E-state index in [1.54, 1.807) is 0 Å². The monoisotopic (exact) mass is 205 g/mol. The summed E-state index contributed by atoms with van der Waals surface area (Å²) in [5.41, 5.74) is 1.44. The Hall–Kier alpha value is -0.820. The number of rotatable bonds is 6. The van der Waals surface area contributed by atoms with Gasteiger partial charge in [-0.1, -0.05) is 44.2 Å². The van der Waals surface area contributed by atoms with Crippen LogP contribution in [0.1, 0.15) is 32.8 Å². The van der Waals surface area contributed by atoms with Gasteiger partial charge in [-0.2, -0.15) is 0 Å². The molecule has 0 aromatic heterocycles. The van der Waals surface area contributed by atoms with Crippen molar-refractivity contribution >= 4 is 0 Å². The molecular weight excluding hydrogens is 182 g/mol. The van der Waals surface area contributed by atoms with Crippen molar-refractivity contribution in [3.8, 4) is 0 Å². The van der Waals surface area contributed by atoms with Crippen LogP contribution >= 0.6 is 0 Å². The van der Waals surface area contributed by atoms with Crippen molar-refractivity contribution in [2.24, 2.45) is 5.92 Å². The zero-order valence-corrected chi connectivity index (χ0v) is 10.2. The van der Waals surface area contributed by atoms with Crippen LogP contribution in [0.25, 0.3) is 0 Å². The van der Waals surface area contributed by atoms with Gasteiger partial charge < -0.3 is 5.32 Å². The van der Waals surface area contributed by atoms with Crippen molar-refractivity contribution in [3.63, 3.8) is 0 Å². The van der Waals surface area contributed by atoms with Crippen molar-refractivity contribution in [2.45, 2.75) is 39.7 Å². The minimum atomic E-state index is 0.602. The number of nitrogens with one attached hydrogen (secondary N) is 1. The minimum Gasteiger partial charge on any atom is -0.314 e. The molecule has 1 N–H and O–H groups in total. The number of hydrogen-bond donors (Lipinski definition) is 1. The van der Waals surface area contributed by atoms with Gasteiger partial charge in [0, 0.05) is 6.04 Å². The summed E-state index contributed by atoms with van der Waals surface area (Å²) >= 11 is 0. The fraction of sp³-hybridized carbons (Fsp3) is 0.571. The van der Waals surface area contributed by atoms with E-state index in [0.717, 1.165) is 6.54 Å². The third-order valence-electron chi connectivity index (χ3n) is 2.97. The summed E-state index contributed by atoms with van der Waals surface area (Å²) in [6.07, 6.45) is 2.38. The van der Waals surface area contributed by atoms with Crippen molar-refractivity contribution in [1.29, 1.82) is 0 Å². The van der Waals surface area contributed by atoms with Crippen LogP contribution in [-0.4, -0.2) is 12.6 Å². The molecule has 1 rings (SSSR count). The highest BCUT2D eigenvalue weighted by atomic mass is 14.9. The molecule has 0 saturated carbocycles. The molecule has 0 aliphatic heterocycles. The Balaban J connectivity index is 2.38. The Labute approximate surface area is 93.9 Å². The normalized spacial score (nSPS) is 14.9. The molecule has 0 saturated heterocycles. The van der Waals surface area contributed by atoms with Gasteiger partial charge in [-0.25, -0.2) is 0 Å². The maximum Gasteiger partial charge on any atom is 0.00675 e. The largest absolute Gasteiger partial charge is 0.314 e. The molecule has 0 heterocycles. The van der Waals surface area contributed by atoms with Crippen molar-refractivity contribution in [1.82, 2.24) is 5.32 Å². The molecule has 0 aliphatic rings. The highest BCUT2D eigenvalue weighted by molar-refractivity contribution is 5.15. The lowest BCUT2D eigenvalue weighted by molar-refractivity contribution is 0.399. The molecule has 15 heavy (non-hydrogen) atoms. The highest BCUT2D eigenvalue weighted by Crippen LogP contribution is 2.11. The maximum absolute atomic E-state index is 3.55. The molecule has 0 radical (unpaired) electrons. The zero-order chi connectivity index (χ0) is 11.1. The Morgan fingerprint density at radius 2 is 1.80 bits per heavy atom. The van der Waals surface area contributed by atoms with E-state index in [1.165, 1.54) is 18.4 Å². The quantitative estimate of drug-likeness (QED) is 0.751. The first-order valence-electron chi connectivity index (χ1n) is 6.01. The average Bonchev–Trinajstić information content (AvgIpc) is 2.27. The Morgan fingerprint density at radius 3 is 2.40 bits per heavy atom. The lowest BCUT2D eigenvalue weighted by Gasteiger charge is -2.21. The summed E-state index contributed by atoms with van der Waals surface area (Å²) in [5, 5.41) is 3.55. The predicted octanol–water partition coefficient (Wildman–Crippen LogP) is 3.25. The van der Waals surface area contributed by atoms with Gasteiger partial charge in [-0.15, -0.1) is 0 Å². The fourth-order valence-electron chi connectivity index (χ4n) is 1.74. The van der Waals surface area contributed by atoms with Gasteiger partial charge in [0.2, 0.25) is 0 Å². The standard InChI is InChI=1S/C14H23N/c1-4-10-15-13(3)12(2)11-14-8-6-5-7-9-14/h5-9,12-13,15H,4,10-11H2,1-3H3. The molecule has 0 amide bonds. The summed E-state index contributed by atoms with van der Waals surface area (Å²) in [4.78, 5) is 0. The van der Waals surface area contributed by atoms with E-state index in [-0.39, 0.29) is 0 Å². The maximum atomic E-state index is 3.55. The van der Waals surface area contributed by atoms with E-state index < -0.39 is 0 Å². The molecule has 0 spiro atoms. The molecule has 1 nitrogen and oxygen atoms in total. The van der Waals surface area contributed by atoms with Gasteiger partial charge in [-0.3, -0.25) is 0 Å².